The average molecular weight is 588 g/mol. The molecule has 0 aliphatic rings. The molecule has 2 rings (SSSR count). The molecule has 3 amide bonds. The molecule has 0 unspecified atom stereocenters. The van der Waals surface area contributed by atoms with Crippen LogP contribution in [-0.4, -0.2) is 75.3 Å². The number of hydrogen-bond acceptors (Lipinski definition) is 7. The van der Waals surface area contributed by atoms with Crippen molar-refractivity contribution in [3.8, 4) is 5.75 Å². The number of carbonyl (C=O) groups is 3. The quantitative estimate of drug-likeness (QED) is 0.156. The molecule has 0 radical (unpaired) electrons. The monoisotopic (exact) mass is 587 g/mol. The van der Waals surface area contributed by atoms with Gasteiger partial charge in [0.15, 0.2) is 6.61 Å². The Kier molecular flexibility index (Phi) is 14.5. The first-order chi connectivity index (χ1) is 19.9. The minimum atomic E-state index is -1.43. The molecule has 234 valence electrons. The molecule has 0 aliphatic heterocycles. The Hall–Kier alpha value is -3.44. The summed E-state index contributed by atoms with van der Waals surface area (Å²) in [6, 6.07) is 6.96. The van der Waals surface area contributed by atoms with Gasteiger partial charge in [-0.25, -0.2) is 4.98 Å². The van der Waals surface area contributed by atoms with Crippen LogP contribution in [0.5, 0.6) is 5.75 Å². The smallest absolute Gasteiger partial charge is 0.258 e. The van der Waals surface area contributed by atoms with Gasteiger partial charge < -0.3 is 35.9 Å². The van der Waals surface area contributed by atoms with Gasteiger partial charge in [0.05, 0.1) is 24.4 Å². The number of aliphatic hydroxyl groups is 2. The van der Waals surface area contributed by atoms with Gasteiger partial charge in [-0.15, -0.1) is 0 Å². The number of aromatic nitrogens is 2. The molecular formula is C31H49N5O6. The first kappa shape index (κ1) is 34.8. The van der Waals surface area contributed by atoms with Crippen molar-refractivity contribution in [3.63, 3.8) is 0 Å². The molecular weight excluding hydrogens is 538 g/mol. The van der Waals surface area contributed by atoms with Gasteiger partial charge in [0, 0.05) is 24.9 Å². The molecule has 0 saturated heterocycles. The van der Waals surface area contributed by atoms with Gasteiger partial charge >= 0.3 is 0 Å². The summed E-state index contributed by atoms with van der Waals surface area (Å²) in [5.74, 6) is -1.69. The first-order valence-corrected chi connectivity index (χ1v) is 14.8. The minimum absolute atomic E-state index is 0.0498. The van der Waals surface area contributed by atoms with E-state index >= 15 is 0 Å². The molecule has 0 aliphatic carbocycles. The summed E-state index contributed by atoms with van der Waals surface area (Å²) >= 11 is 0. The highest BCUT2D eigenvalue weighted by molar-refractivity contribution is 5.88. The van der Waals surface area contributed by atoms with Crippen molar-refractivity contribution >= 4 is 17.7 Å². The third kappa shape index (κ3) is 11.4. The lowest BCUT2D eigenvalue weighted by Gasteiger charge is -2.35. The number of para-hydroxylation sites is 1. The van der Waals surface area contributed by atoms with Crippen molar-refractivity contribution in [2.45, 2.75) is 85.1 Å². The third-order valence-electron chi connectivity index (χ3n) is 7.27. The molecule has 1 aromatic carbocycles. The number of benzene rings is 1. The number of amides is 3. The van der Waals surface area contributed by atoms with E-state index in [1.807, 2.05) is 47.6 Å². The number of rotatable bonds is 18. The number of H-pyrrole nitrogens is 1. The van der Waals surface area contributed by atoms with Crippen molar-refractivity contribution in [1.82, 2.24) is 25.9 Å². The predicted octanol–water partition coefficient (Wildman–Crippen LogP) is 2.20. The van der Waals surface area contributed by atoms with Gasteiger partial charge in [-0.3, -0.25) is 14.4 Å². The van der Waals surface area contributed by atoms with E-state index in [2.05, 4.69) is 25.9 Å². The minimum Gasteiger partial charge on any atom is -0.484 e. The van der Waals surface area contributed by atoms with Crippen LogP contribution < -0.4 is 20.7 Å². The van der Waals surface area contributed by atoms with E-state index in [0.717, 1.165) is 6.42 Å². The van der Waals surface area contributed by atoms with Crippen molar-refractivity contribution < 1.29 is 29.3 Å². The number of imidazole rings is 1. The average Bonchev–Trinajstić information content (AvgIpc) is 3.47. The van der Waals surface area contributed by atoms with Gasteiger partial charge in [-0.1, -0.05) is 66.2 Å². The van der Waals surface area contributed by atoms with E-state index in [9.17, 15) is 24.6 Å². The molecule has 6 N–H and O–H groups in total. The van der Waals surface area contributed by atoms with Gasteiger partial charge in [0.25, 0.3) is 5.91 Å². The zero-order chi connectivity index (χ0) is 31.2. The first-order valence-electron chi connectivity index (χ1n) is 14.8. The zero-order valence-electron chi connectivity index (χ0n) is 25.7. The summed E-state index contributed by atoms with van der Waals surface area (Å²) in [5.41, 5.74) is 0.623. The van der Waals surface area contributed by atoms with Gasteiger partial charge in [0.2, 0.25) is 11.8 Å². The van der Waals surface area contributed by atoms with Gasteiger partial charge in [0.1, 0.15) is 17.9 Å². The van der Waals surface area contributed by atoms with Crippen LogP contribution >= 0.6 is 0 Å². The second kappa shape index (κ2) is 17.5. The second-order valence-corrected chi connectivity index (χ2v) is 11.8. The molecule has 2 aromatic rings. The van der Waals surface area contributed by atoms with E-state index < -0.39 is 42.0 Å². The number of aliphatic hydroxyl groups excluding tert-OH is 2. The van der Waals surface area contributed by atoms with Crippen LogP contribution in [0.3, 0.4) is 0 Å². The Labute approximate surface area is 249 Å². The molecule has 1 aromatic heterocycles. The highest BCUT2D eigenvalue weighted by Gasteiger charge is 2.39. The van der Waals surface area contributed by atoms with E-state index in [1.165, 1.54) is 6.33 Å². The SMILES string of the molecule is CC[C@H](C)CNC(=O)[C@H](C(C)C)[C@H](O)[C@H](O)[C@H](CC(C)C)NC(=O)[C@H](Cc1cnc[nH]1)NC(=O)COc1ccccc1. The maximum Gasteiger partial charge on any atom is 0.258 e. The fourth-order valence-electron chi connectivity index (χ4n) is 4.64. The number of nitrogens with zero attached hydrogens (tertiary/aromatic N) is 1. The Bertz CT molecular complexity index is 1080. The molecule has 6 atom stereocenters. The number of aromatic amines is 1. The zero-order valence-corrected chi connectivity index (χ0v) is 25.7. The lowest BCUT2D eigenvalue weighted by molar-refractivity contribution is -0.137. The summed E-state index contributed by atoms with van der Waals surface area (Å²) in [4.78, 5) is 46.3. The predicted molar refractivity (Wildman–Crippen MR) is 160 cm³/mol. The molecule has 11 heteroatoms. The molecule has 0 bridgehead atoms. The van der Waals surface area contributed by atoms with E-state index in [-0.39, 0.29) is 36.7 Å². The standard InChI is InChI=1S/C31H49N5O6/c1-7-21(6)15-33-31(41)27(20(4)5)29(39)28(38)24(13-19(2)3)36-30(40)25(14-22-16-32-18-34-22)35-26(37)17-42-23-11-9-8-10-12-23/h8-12,16,18-21,24-25,27-29,38-39H,7,13-15,17H2,1-6H3,(H,32,34)(H,33,41)(H,35,37)(H,36,40)/t21-,24-,25-,27+,28+,29-/m0/s1. The maximum absolute atomic E-state index is 13.6. The highest BCUT2D eigenvalue weighted by Crippen LogP contribution is 2.23. The second-order valence-electron chi connectivity index (χ2n) is 11.8. The Morgan fingerprint density at radius 2 is 1.67 bits per heavy atom. The Balaban J connectivity index is 2.18. The van der Waals surface area contributed by atoms with Crippen LogP contribution in [0, 0.1) is 23.7 Å². The van der Waals surface area contributed by atoms with Crippen LogP contribution in [0.2, 0.25) is 0 Å². The van der Waals surface area contributed by atoms with Crippen molar-refractivity contribution in [2.24, 2.45) is 23.7 Å². The van der Waals surface area contributed by atoms with Crippen molar-refractivity contribution in [2.75, 3.05) is 13.2 Å². The van der Waals surface area contributed by atoms with Crippen LogP contribution in [0.25, 0.3) is 0 Å². The highest BCUT2D eigenvalue weighted by atomic mass is 16.5. The summed E-state index contributed by atoms with van der Waals surface area (Å²) in [5, 5.41) is 31.0. The number of hydrogen-bond donors (Lipinski definition) is 6. The molecule has 0 spiro atoms. The van der Waals surface area contributed by atoms with Crippen LogP contribution in [-0.2, 0) is 20.8 Å². The molecule has 11 nitrogen and oxygen atoms in total. The Morgan fingerprint density at radius 3 is 2.24 bits per heavy atom. The molecule has 0 fully saturated rings. The summed E-state index contributed by atoms with van der Waals surface area (Å²) in [6.07, 6.45) is 1.53. The molecule has 0 saturated carbocycles. The van der Waals surface area contributed by atoms with Gasteiger partial charge in [-0.05, 0) is 36.3 Å². The van der Waals surface area contributed by atoms with Crippen LogP contribution in [0.4, 0.5) is 0 Å². The van der Waals surface area contributed by atoms with Crippen molar-refractivity contribution in [3.05, 3.63) is 48.5 Å². The Morgan fingerprint density at radius 1 is 0.976 bits per heavy atom. The number of nitrogens with one attached hydrogen (secondary N) is 4. The number of ether oxygens (including phenoxy) is 1. The topological polar surface area (TPSA) is 166 Å². The lowest BCUT2D eigenvalue weighted by atomic mass is 9.83. The van der Waals surface area contributed by atoms with Crippen LogP contribution in [0.15, 0.2) is 42.9 Å². The largest absolute Gasteiger partial charge is 0.484 e. The van der Waals surface area contributed by atoms with Gasteiger partial charge in [-0.2, -0.15) is 0 Å². The van der Waals surface area contributed by atoms with E-state index in [0.29, 0.717) is 24.4 Å². The van der Waals surface area contributed by atoms with Crippen LogP contribution in [0.1, 0.15) is 60.1 Å². The number of carbonyl (C=O) groups excluding carboxylic acids is 3. The van der Waals surface area contributed by atoms with E-state index in [4.69, 9.17) is 4.74 Å². The normalized spacial score (nSPS) is 15.8. The summed E-state index contributed by atoms with van der Waals surface area (Å²) < 4.78 is 5.53. The lowest BCUT2D eigenvalue weighted by Crippen LogP contribution is -2.58. The molecule has 42 heavy (non-hydrogen) atoms. The fraction of sp³-hybridized carbons (Fsp3) is 0.613. The van der Waals surface area contributed by atoms with Crippen molar-refractivity contribution in [1.29, 1.82) is 0 Å². The van der Waals surface area contributed by atoms with E-state index in [1.54, 1.807) is 30.5 Å². The third-order valence-corrected chi connectivity index (χ3v) is 7.27. The summed E-state index contributed by atoms with van der Waals surface area (Å²) in [6.45, 7) is 11.7. The molecule has 1 heterocycles. The maximum atomic E-state index is 13.6. The summed E-state index contributed by atoms with van der Waals surface area (Å²) in [7, 11) is 0. The fourth-order valence-corrected chi connectivity index (χ4v) is 4.64.